The Hall–Kier alpha value is -4.01. The number of halogens is 2. The summed E-state index contributed by atoms with van der Waals surface area (Å²) in [5, 5.41) is 21.5. The van der Waals surface area contributed by atoms with Gasteiger partial charge >= 0.3 is 5.97 Å². The first-order valence-corrected chi connectivity index (χ1v) is 11.8. The molecule has 1 heterocycles. The SMILES string of the molecule is CCOC(=O)c1cccc(N2C(=O)C(=O)/C(=C(/O)c3cc(Cl)cc(Cl)c3OC)C2c2ccc(O)cc2)c1. The van der Waals surface area contributed by atoms with E-state index >= 15 is 0 Å². The van der Waals surface area contributed by atoms with Crippen LogP contribution in [0.25, 0.3) is 5.76 Å². The number of phenols is 1. The van der Waals surface area contributed by atoms with Crippen molar-refractivity contribution >= 4 is 52.3 Å². The van der Waals surface area contributed by atoms with Crippen LogP contribution in [0.4, 0.5) is 5.69 Å². The summed E-state index contributed by atoms with van der Waals surface area (Å²) in [6.07, 6.45) is 0. The summed E-state index contributed by atoms with van der Waals surface area (Å²) in [5.74, 6) is -3.04. The maximum atomic E-state index is 13.4. The molecule has 1 amide bonds. The van der Waals surface area contributed by atoms with Gasteiger partial charge in [0.2, 0.25) is 0 Å². The van der Waals surface area contributed by atoms with Gasteiger partial charge in [0.05, 0.1) is 41.5 Å². The molecule has 1 unspecified atom stereocenters. The number of rotatable bonds is 6. The highest BCUT2D eigenvalue weighted by Gasteiger charge is 2.47. The first-order valence-electron chi connectivity index (χ1n) is 11.1. The van der Waals surface area contributed by atoms with E-state index in [4.69, 9.17) is 32.7 Å². The topological polar surface area (TPSA) is 113 Å². The highest BCUT2D eigenvalue weighted by molar-refractivity contribution is 6.52. The van der Waals surface area contributed by atoms with E-state index in [1.54, 1.807) is 19.1 Å². The number of anilines is 1. The molecule has 0 saturated carbocycles. The minimum atomic E-state index is -1.12. The van der Waals surface area contributed by atoms with Crippen LogP contribution in [0.1, 0.15) is 34.5 Å². The number of carbonyl (C=O) groups is 3. The molecule has 1 aliphatic heterocycles. The van der Waals surface area contributed by atoms with Crippen molar-refractivity contribution in [1.82, 2.24) is 0 Å². The lowest BCUT2D eigenvalue weighted by Crippen LogP contribution is -2.29. The Kier molecular flexibility index (Phi) is 7.42. The fraction of sp³-hybridized carbons (Fsp3) is 0.148. The predicted molar refractivity (Wildman–Crippen MR) is 138 cm³/mol. The largest absolute Gasteiger partial charge is 0.508 e. The number of aliphatic hydroxyl groups is 1. The first-order chi connectivity index (χ1) is 17.7. The number of esters is 1. The van der Waals surface area contributed by atoms with Crippen molar-refractivity contribution in [1.29, 1.82) is 0 Å². The maximum Gasteiger partial charge on any atom is 0.338 e. The summed E-state index contributed by atoms with van der Waals surface area (Å²) in [4.78, 5) is 40.3. The molecule has 1 fully saturated rings. The number of Topliss-reactive ketones (excluding diaryl/α,β-unsaturated/α-hetero) is 1. The molecule has 0 aliphatic carbocycles. The Morgan fingerprint density at radius 2 is 1.76 bits per heavy atom. The third-order valence-corrected chi connectivity index (χ3v) is 6.26. The zero-order chi connectivity index (χ0) is 26.9. The number of carbonyl (C=O) groups excluding carboxylic acids is 3. The maximum absolute atomic E-state index is 13.4. The number of ketones is 1. The Labute approximate surface area is 222 Å². The predicted octanol–water partition coefficient (Wildman–Crippen LogP) is 5.51. The molecule has 0 radical (unpaired) electrons. The molecule has 0 aromatic heterocycles. The Balaban J connectivity index is 1.97. The Bertz CT molecular complexity index is 1430. The van der Waals surface area contributed by atoms with Crippen LogP contribution >= 0.6 is 23.2 Å². The molecule has 1 atom stereocenters. The molecular weight excluding hydrogens is 521 g/mol. The number of phenolic OH excluding ortho intramolecular Hbond substituents is 1. The van der Waals surface area contributed by atoms with Crippen LogP contribution in [-0.2, 0) is 14.3 Å². The van der Waals surface area contributed by atoms with Gasteiger partial charge in [-0.1, -0.05) is 41.4 Å². The van der Waals surface area contributed by atoms with Gasteiger partial charge in [-0.05, 0) is 55.0 Å². The van der Waals surface area contributed by atoms with E-state index in [-0.39, 0.29) is 50.5 Å². The van der Waals surface area contributed by atoms with E-state index in [9.17, 15) is 24.6 Å². The smallest absolute Gasteiger partial charge is 0.338 e. The fourth-order valence-corrected chi connectivity index (χ4v) is 4.73. The average molecular weight is 542 g/mol. The summed E-state index contributed by atoms with van der Waals surface area (Å²) in [6.45, 7) is 1.83. The van der Waals surface area contributed by atoms with Crippen molar-refractivity contribution in [3.63, 3.8) is 0 Å². The number of aromatic hydroxyl groups is 1. The summed E-state index contributed by atoms with van der Waals surface area (Å²) in [6, 6.07) is 13.5. The number of hydrogen-bond acceptors (Lipinski definition) is 7. The average Bonchev–Trinajstić information content (AvgIpc) is 3.14. The highest BCUT2D eigenvalue weighted by Crippen LogP contribution is 2.45. The third-order valence-electron chi connectivity index (χ3n) is 5.76. The van der Waals surface area contributed by atoms with Crippen LogP contribution < -0.4 is 9.64 Å². The van der Waals surface area contributed by atoms with Gasteiger partial charge in [0.1, 0.15) is 17.3 Å². The van der Waals surface area contributed by atoms with Gasteiger partial charge in [-0.25, -0.2) is 4.79 Å². The number of amides is 1. The second-order valence-electron chi connectivity index (χ2n) is 8.00. The molecule has 0 spiro atoms. The molecule has 1 saturated heterocycles. The van der Waals surface area contributed by atoms with Crippen molar-refractivity contribution in [2.24, 2.45) is 0 Å². The minimum Gasteiger partial charge on any atom is -0.508 e. The monoisotopic (exact) mass is 541 g/mol. The number of methoxy groups -OCH3 is 1. The quantitative estimate of drug-likeness (QED) is 0.183. The summed E-state index contributed by atoms with van der Waals surface area (Å²) in [7, 11) is 1.34. The number of nitrogens with zero attached hydrogens (tertiary/aromatic N) is 1. The van der Waals surface area contributed by atoms with Crippen molar-refractivity contribution in [2.75, 3.05) is 18.6 Å². The lowest BCUT2D eigenvalue weighted by Gasteiger charge is -2.26. The van der Waals surface area contributed by atoms with E-state index in [1.165, 1.54) is 60.5 Å². The van der Waals surface area contributed by atoms with Crippen molar-refractivity contribution in [2.45, 2.75) is 13.0 Å². The number of benzene rings is 3. The van der Waals surface area contributed by atoms with Crippen molar-refractivity contribution < 1.29 is 34.1 Å². The normalized spacial score (nSPS) is 16.6. The zero-order valence-electron chi connectivity index (χ0n) is 19.7. The van der Waals surface area contributed by atoms with Crippen LogP contribution in [0.15, 0.2) is 66.2 Å². The number of aliphatic hydroxyl groups excluding tert-OH is 1. The molecule has 2 N–H and O–H groups in total. The summed E-state index contributed by atoms with van der Waals surface area (Å²) < 4.78 is 10.4. The second-order valence-corrected chi connectivity index (χ2v) is 8.84. The molecule has 1 aliphatic rings. The molecule has 3 aromatic rings. The molecule has 3 aromatic carbocycles. The molecule has 4 rings (SSSR count). The van der Waals surface area contributed by atoms with Gasteiger partial charge in [-0.2, -0.15) is 0 Å². The third kappa shape index (κ3) is 4.85. The van der Waals surface area contributed by atoms with Crippen LogP contribution in [0, 0.1) is 0 Å². The number of ether oxygens (including phenoxy) is 2. The molecule has 8 nitrogen and oxygen atoms in total. The minimum absolute atomic E-state index is 0.0158. The lowest BCUT2D eigenvalue weighted by molar-refractivity contribution is -0.132. The van der Waals surface area contributed by atoms with Gasteiger partial charge in [0.15, 0.2) is 0 Å². The van der Waals surface area contributed by atoms with Gasteiger partial charge in [-0.3, -0.25) is 14.5 Å². The van der Waals surface area contributed by atoms with Crippen LogP contribution in [0.5, 0.6) is 11.5 Å². The summed E-state index contributed by atoms with van der Waals surface area (Å²) in [5.41, 5.74) is 0.568. The van der Waals surface area contributed by atoms with Crippen molar-refractivity contribution in [3.05, 3.63) is 93.0 Å². The van der Waals surface area contributed by atoms with E-state index in [1.807, 2.05) is 0 Å². The standard InChI is InChI=1S/C27H21Cl2NO7/c1-3-37-27(35)15-5-4-6-17(11-15)30-22(14-7-9-18(31)10-8-14)21(24(33)26(30)34)23(32)19-12-16(28)13-20(29)25(19)36-2/h4-13,22,31-32H,3H2,1-2H3/b23-21+. The Morgan fingerprint density at radius 3 is 2.41 bits per heavy atom. The fourth-order valence-electron chi connectivity index (χ4n) is 4.16. The van der Waals surface area contributed by atoms with E-state index in [2.05, 4.69) is 0 Å². The number of hydrogen-bond donors (Lipinski definition) is 2. The van der Waals surface area contributed by atoms with E-state index in [0.717, 1.165) is 0 Å². The Morgan fingerprint density at radius 1 is 1.05 bits per heavy atom. The first kappa shape index (κ1) is 26.1. The van der Waals surface area contributed by atoms with E-state index < -0.39 is 29.5 Å². The lowest BCUT2D eigenvalue weighted by atomic mass is 9.94. The van der Waals surface area contributed by atoms with Crippen LogP contribution in [0.3, 0.4) is 0 Å². The summed E-state index contributed by atoms with van der Waals surface area (Å²) >= 11 is 12.4. The second kappa shape index (κ2) is 10.5. The molecule has 190 valence electrons. The van der Waals surface area contributed by atoms with Gasteiger partial charge < -0.3 is 19.7 Å². The van der Waals surface area contributed by atoms with Crippen LogP contribution in [0.2, 0.25) is 10.0 Å². The molecule has 10 heteroatoms. The van der Waals surface area contributed by atoms with E-state index in [0.29, 0.717) is 5.56 Å². The molecule has 37 heavy (non-hydrogen) atoms. The van der Waals surface area contributed by atoms with Gasteiger partial charge in [0, 0.05) is 10.7 Å². The highest BCUT2D eigenvalue weighted by atomic mass is 35.5. The zero-order valence-corrected chi connectivity index (χ0v) is 21.2. The molecule has 0 bridgehead atoms. The molecular formula is C27H21Cl2NO7. The van der Waals surface area contributed by atoms with Gasteiger partial charge in [0.25, 0.3) is 11.7 Å². The van der Waals surface area contributed by atoms with Crippen LogP contribution in [-0.4, -0.2) is 41.6 Å². The van der Waals surface area contributed by atoms with Gasteiger partial charge in [-0.15, -0.1) is 0 Å². The van der Waals surface area contributed by atoms with Crippen molar-refractivity contribution in [3.8, 4) is 11.5 Å².